The lowest BCUT2D eigenvalue weighted by molar-refractivity contribution is -0.262. The minimum atomic E-state index is -1.29. The molecule has 0 aromatic heterocycles. The molecular weight excluding hydrogens is 420 g/mol. The lowest BCUT2D eigenvalue weighted by Gasteiger charge is -2.63. The molecule has 9 heteroatoms. The van der Waals surface area contributed by atoms with Crippen LogP contribution in [0.1, 0.15) is 54.4 Å². The molecule has 0 saturated heterocycles. The number of fused-ring (bicyclic) bond motifs is 2. The summed E-state index contributed by atoms with van der Waals surface area (Å²) in [6.07, 6.45) is -0.779. The third-order valence-corrected chi connectivity index (χ3v) is 7.69. The summed E-state index contributed by atoms with van der Waals surface area (Å²) >= 11 is 0. The molecule has 1 heterocycles. The molecule has 0 radical (unpaired) electrons. The summed E-state index contributed by atoms with van der Waals surface area (Å²) in [6, 6.07) is 0. The fourth-order valence-corrected chi connectivity index (χ4v) is 6.71. The fraction of sp³-hybridized carbons (Fsp3) is 0.739. The summed E-state index contributed by atoms with van der Waals surface area (Å²) < 4.78 is 22.5. The van der Waals surface area contributed by atoms with Gasteiger partial charge in [0.05, 0.1) is 17.1 Å². The van der Waals surface area contributed by atoms with Gasteiger partial charge in [0.2, 0.25) is 0 Å². The molecule has 9 nitrogen and oxygen atoms in total. The number of ether oxygens (including phenoxy) is 4. The van der Waals surface area contributed by atoms with Crippen molar-refractivity contribution in [3.8, 4) is 0 Å². The van der Waals surface area contributed by atoms with Gasteiger partial charge < -0.3 is 24.1 Å². The van der Waals surface area contributed by atoms with E-state index in [1.54, 1.807) is 20.8 Å². The van der Waals surface area contributed by atoms with Gasteiger partial charge in [-0.25, -0.2) is 4.79 Å². The van der Waals surface area contributed by atoms with E-state index in [1.165, 1.54) is 13.8 Å². The van der Waals surface area contributed by atoms with Gasteiger partial charge >= 0.3 is 23.9 Å². The van der Waals surface area contributed by atoms with Crippen LogP contribution < -0.4 is 0 Å². The van der Waals surface area contributed by atoms with E-state index in [-0.39, 0.29) is 30.4 Å². The molecule has 1 aliphatic heterocycles. The highest BCUT2D eigenvalue weighted by atomic mass is 16.6. The monoisotopic (exact) mass is 450 g/mol. The van der Waals surface area contributed by atoms with Crippen molar-refractivity contribution < 1.29 is 43.2 Å². The van der Waals surface area contributed by atoms with Crippen LogP contribution in [0, 0.1) is 23.2 Å². The standard InChI is InChI=1S/C23H30O9/c1-10(2)19(26)31-14-7-21(5)17-15(30-12(4)25)8-22(6,28)18(17)23(21)16(14)13(20(27)32-23)9-29-11(3)24/h10,14-15,17-18,28H,7-9H2,1-6H3/t14-,15-,17+,18+,21+,22+,23+/m0/s1. The van der Waals surface area contributed by atoms with Crippen molar-refractivity contribution in [2.75, 3.05) is 6.61 Å². The third-order valence-electron chi connectivity index (χ3n) is 7.69. The van der Waals surface area contributed by atoms with Crippen LogP contribution in [-0.4, -0.2) is 59.0 Å². The summed E-state index contributed by atoms with van der Waals surface area (Å²) in [4.78, 5) is 48.6. The van der Waals surface area contributed by atoms with Crippen molar-refractivity contribution in [3.63, 3.8) is 0 Å². The predicted octanol–water partition coefficient (Wildman–Crippen LogP) is 1.45. The van der Waals surface area contributed by atoms with Crippen molar-refractivity contribution >= 4 is 23.9 Å². The summed E-state index contributed by atoms with van der Waals surface area (Å²) in [5, 5.41) is 11.3. The molecule has 3 saturated carbocycles. The fourth-order valence-electron chi connectivity index (χ4n) is 6.71. The summed E-state index contributed by atoms with van der Waals surface area (Å²) in [7, 11) is 0. The van der Waals surface area contributed by atoms with Gasteiger partial charge in [0.15, 0.2) is 0 Å². The molecule has 0 bridgehead atoms. The molecule has 1 spiro atoms. The van der Waals surface area contributed by atoms with E-state index in [2.05, 4.69) is 0 Å². The minimum Gasteiger partial charge on any atom is -0.462 e. The first kappa shape index (κ1) is 22.8. The molecule has 32 heavy (non-hydrogen) atoms. The first-order valence-corrected chi connectivity index (χ1v) is 11.0. The van der Waals surface area contributed by atoms with E-state index in [4.69, 9.17) is 18.9 Å². The van der Waals surface area contributed by atoms with E-state index in [9.17, 15) is 24.3 Å². The van der Waals surface area contributed by atoms with Gasteiger partial charge in [0.1, 0.15) is 24.4 Å². The number of hydrogen-bond acceptors (Lipinski definition) is 9. The Kier molecular flexibility index (Phi) is 5.01. The Morgan fingerprint density at radius 1 is 1.12 bits per heavy atom. The summed E-state index contributed by atoms with van der Waals surface area (Å²) in [5.41, 5.74) is -2.63. The van der Waals surface area contributed by atoms with Crippen LogP contribution in [0.5, 0.6) is 0 Å². The molecule has 1 N–H and O–H groups in total. The van der Waals surface area contributed by atoms with Crippen molar-refractivity contribution in [2.24, 2.45) is 23.2 Å². The lowest BCUT2D eigenvalue weighted by atomic mass is 9.44. The van der Waals surface area contributed by atoms with Crippen molar-refractivity contribution in [2.45, 2.75) is 77.8 Å². The van der Waals surface area contributed by atoms with Gasteiger partial charge in [-0.3, -0.25) is 14.4 Å². The van der Waals surface area contributed by atoms with Crippen LogP contribution >= 0.6 is 0 Å². The molecule has 3 fully saturated rings. The van der Waals surface area contributed by atoms with Crippen LogP contribution in [0.3, 0.4) is 0 Å². The SMILES string of the molecule is CC(=O)OCC1=C2[C@@H](OC(=O)C(C)C)C[C@]3(C)[C@@H]4[C@@H](OC(C)=O)C[C@@](C)(O)[C@@H]4[C@]23OC1=O. The van der Waals surface area contributed by atoms with Gasteiger partial charge in [0.25, 0.3) is 0 Å². The molecule has 0 amide bonds. The van der Waals surface area contributed by atoms with Crippen molar-refractivity contribution in [1.82, 2.24) is 0 Å². The van der Waals surface area contributed by atoms with E-state index in [1.807, 2.05) is 6.92 Å². The molecule has 4 aliphatic rings. The van der Waals surface area contributed by atoms with E-state index in [0.717, 1.165) is 0 Å². The number of aliphatic hydroxyl groups is 1. The molecule has 4 rings (SSSR count). The van der Waals surface area contributed by atoms with Crippen LogP contribution in [0.15, 0.2) is 11.1 Å². The predicted molar refractivity (Wildman–Crippen MR) is 108 cm³/mol. The Bertz CT molecular complexity index is 932. The molecule has 176 valence electrons. The van der Waals surface area contributed by atoms with Crippen LogP contribution in [0.2, 0.25) is 0 Å². The number of hydrogen-bond donors (Lipinski definition) is 1. The van der Waals surface area contributed by atoms with Gasteiger partial charge in [-0.05, 0) is 13.3 Å². The normalized spacial score (nSPS) is 41.4. The van der Waals surface area contributed by atoms with Crippen molar-refractivity contribution in [1.29, 1.82) is 0 Å². The Morgan fingerprint density at radius 3 is 2.34 bits per heavy atom. The third kappa shape index (κ3) is 2.86. The largest absolute Gasteiger partial charge is 0.462 e. The number of carbonyl (C=O) groups excluding carboxylic acids is 4. The Morgan fingerprint density at radius 2 is 1.78 bits per heavy atom. The Balaban J connectivity index is 1.82. The average molecular weight is 450 g/mol. The highest BCUT2D eigenvalue weighted by Gasteiger charge is 2.87. The highest BCUT2D eigenvalue weighted by Crippen LogP contribution is 2.79. The first-order valence-electron chi connectivity index (χ1n) is 11.0. The number of rotatable bonds is 5. The van der Waals surface area contributed by atoms with Gasteiger partial charge in [-0.15, -0.1) is 0 Å². The molecular formula is C23H30O9. The second-order valence-corrected chi connectivity index (χ2v) is 10.2. The molecule has 3 aliphatic carbocycles. The van der Waals surface area contributed by atoms with E-state index >= 15 is 0 Å². The van der Waals surface area contributed by atoms with Gasteiger partial charge in [-0.2, -0.15) is 0 Å². The summed E-state index contributed by atoms with van der Waals surface area (Å²) in [5.74, 6) is -3.32. The summed E-state index contributed by atoms with van der Waals surface area (Å²) in [6.45, 7) is 9.24. The van der Waals surface area contributed by atoms with Crippen LogP contribution in [0.25, 0.3) is 0 Å². The van der Waals surface area contributed by atoms with Crippen LogP contribution in [-0.2, 0) is 38.1 Å². The maximum atomic E-state index is 13.0. The zero-order valence-electron chi connectivity index (χ0n) is 19.2. The highest BCUT2D eigenvalue weighted by molar-refractivity contribution is 5.95. The average Bonchev–Trinajstić information content (AvgIpc) is 3.14. The molecule has 0 aromatic carbocycles. The lowest BCUT2D eigenvalue weighted by Crippen LogP contribution is -2.71. The Hall–Kier alpha value is -2.42. The van der Waals surface area contributed by atoms with E-state index in [0.29, 0.717) is 12.0 Å². The molecule has 0 aromatic rings. The maximum absolute atomic E-state index is 13.0. The van der Waals surface area contributed by atoms with Gasteiger partial charge in [0, 0.05) is 43.1 Å². The van der Waals surface area contributed by atoms with Crippen molar-refractivity contribution in [3.05, 3.63) is 11.1 Å². The zero-order chi connectivity index (χ0) is 23.8. The van der Waals surface area contributed by atoms with E-state index < -0.39 is 58.6 Å². The maximum Gasteiger partial charge on any atom is 0.338 e. The smallest absolute Gasteiger partial charge is 0.338 e. The first-order chi connectivity index (χ1) is 14.8. The topological polar surface area (TPSA) is 125 Å². The molecule has 7 atom stereocenters. The number of esters is 4. The van der Waals surface area contributed by atoms with Gasteiger partial charge in [-0.1, -0.05) is 20.8 Å². The molecule has 0 unspecified atom stereocenters. The minimum absolute atomic E-state index is 0.149. The quantitative estimate of drug-likeness (QED) is 0.489. The zero-order valence-corrected chi connectivity index (χ0v) is 19.2. The Labute approximate surface area is 186 Å². The number of carbonyl (C=O) groups is 4. The second kappa shape index (κ2) is 7.04. The van der Waals surface area contributed by atoms with Crippen LogP contribution in [0.4, 0.5) is 0 Å². The second-order valence-electron chi connectivity index (χ2n) is 10.2.